The van der Waals surface area contributed by atoms with Crippen LogP contribution in [0.25, 0.3) is 0 Å². The predicted octanol–water partition coefficient (Wildman–Crippen LogP) is 4.36. The zero-order chi connectivity index (χ0) is 22.7. The Balaban J connectivity index is 1.87. The van der Waals surface area contributed by atoms with Gasteiger partial charge in [0.1, 0.15) is 11.5 Å². The number of methoxy groups -OCH3 is 3. The first-order valence-corrected chi connectivity index (χ1v) is 10.5. The van der Waals surface area contributed by atoms with E-state index < -0.39 is 5.54 Å². The number of rotatable bonds is 6. The fourth-order valence-corrected chi connectivity index (χ4v) is 4.45. The first-order valence-electron chi connectivity index (χ1n) is 10.5. The summed E-state index contributed by atoms with van der Waals surface area (Å²) in [6.07, 6.45) is 0. The monoisotopic (exact) mass is 432 g/mol. The summed E-state index contributed by atoms with van der Waals surface area (Å²) in [5.74, 6) is 1.26. The van der Waals surface area contributed by atoms with Gasteiger partial charge in [-0.25, -0.2) is 4.79 Å². The normalized spacial score (nSPS) is 17.9. The summed E-state index contributed by atoms with van der Waals surface area (Å²) in [4.78, 5) is 17.8. The van der Waals surface area contributed by atoms with Gasteiger partial charge in [-0.2, -0.15) is 0 Å². The number of hydrogen-bond acceptors (Lipinski definition) is 6. The number of nitrogens with zero attached hydrogens (tertiary/aromatic N) is 2. The molecule has 0 amide bonds. The number of ether oxygens (including phenoxy) is 3. The number of hydrogen-bond donors (Lipinski definition) is 0. The lowest BCUT2D eigenvalue weighted by Crippen LogP contribution is -2.51. The van der Waals surface area contributed by atoms with Gasteiger partial charge in [-0.15, -0.1) is 0 Å². The molecule has 1 aliphatic rings. The molecule has 1 aliphatic heterocycles. The van der Waals surface area contributed by atoms with Crippen LogP contribution in [-0.4, -0.2) is 40.5 Å². The van der Waals surface area contributed by atoms with Crippen molar-refractivity contribution in [1.29, 1.82) is 0 Å². The quantitative estimate of drug-likeness (QED) is 0.540. The molecule has 166 valence electrons. The molecule has 1 saturated heterocycles. The van der Waals surface area contributed by atoms with Crippen molar-refractivity contribution in [2.75, 3.05) is 44.3 Å². The number of anilines is 2. The van der Waals surface area contributed by atoms with E-state index in [1.54, 1.807) is 14.2 Å². The number of esters is 1. The molecule has 6 nitrogen and oxygen atoms in total. The lowest BCUT2D eigenvalue weighted by Gasteiger charge is -2.37. The summed E-state index contributed by atoms with van der Waals surface area (Å²) < 4.78 is 16.1. The Hall–Kier alpha value is -3.67. The summed E-state index contributed by atoms with van der Waals surface area (Å²) in [5, 5.41) is 0. The molecular weight excluding hydrogens is 404 g/mol. The average Bonchev–Trinajstić information content (AvgIpc) is 3.25. The highest BCUT2D eigenvalue weighted by Gasteiger charge is 2.54. The van der Waals surface area contributed by atoms with Gasteiger partial charge in [0.15, 0.2) is 5.54 Å². The van der Waals surface area contributed by atoms with E-state index in [1.165, 1.54) is 7.11 Å². The van der Waals surface area contributed by atoms with E-state index in [2.05, 4.69) is 9.80 Å². The summed E-state index contributed by atoms with van der Waals surface area (Å²) in [6.45, 7) is 2.99. The summed E-state index contributed by atoms with van der Waals surface area (Å²) >= 11 is 0. The van der Waals surface area contributed by atoms with Gasteiger partial charge in [0.05, 0.1) is 34.5 Å². The Morgan fingerprint density at radius 3 is 1.91 bits per heavy atom. The van der Waals surface area contributed by atoms with Gasteiger partial charge in [0.2, 0.25) is 0 Å². The zero-order valence-electron chi connectivity index (χ0n) is 18.9. The van der Waals surface area contributed by atoms with E-state index in [4.69, 9.17) is 14.2 Å². The largest absolute Gasteiger partial charge is 0.497 e. The molecule has 0 N–H and O–H groups in total. The first kappa shape index (κ1) is 21.6. The van der Waals surface area contributed by atoms with Crippen molar-refractivity contribution in [2.45, 2.75) is 12.5 Å². The van der Waals surface area contributed by atoms with Crippen LogP contribution in [-0.2, 0) is 15.1 Å². The molecule has 1 unspecified atom stereocenters. The number of aryl methyl sites for hydroxylation is 1. The maximum atomic E-state index is 13.5. The van der Waals surface area contributed by atoms with E-state index in [9.17, 15) is 4.79 Å². The van der Waals surface area contributed by atoms with Crippen molar-refractivity contribution in [3.8, 4) is 11.5 Å². The maximum Gasteiger partial charge on any atom is 0.338 e. The third-order valence-electron chi connectivity index (χ3n) is 6.13. The predicted molar refractivity (Wildman–Crippen MR) is 126 cm³/mol. The van der Waals surface area contributed by atoms with Crippen LogP contribution in [0.1, 0.15) is 11.1 Å². The molecule has 6 heteroatoms. The summed E-state index contributed by atoms with van der Waals surface area (Å²) in [7, 11) is 4.74. The molecule has 1 heterocycles. The molecule has 3 aromatic carbocycles. The molecule has 0 radical (unpaired) electrons. The van der Waals surface area contributed by atoms with E-state index >= 15 is 0 Å². The highest BCUT2D eigenvalue weighted by atomic mass is 16.5. The first-order chi connectivity index (χ1) is 15.5. The van der Waals surface area contributed by atoms with Crippen molar-refractivity contribution in [3.05, 3.63) is 83.9 Å². The van der Waals surface area contributed by atoms with Crippen LogP contribution in [0, 0.1) is 6.92 Å². The van der Waals surface area contributed by atoms with Gasteiger partial charge in [-0.1, -0.05) is 24.3 Å². The highest BCUT2D eigenvalue weighted by Crippen LogP contribution is 2.43. The molecule has 3 aromatic rings. The number of carbonyl (C=O) groups excluding carboxylic acids is 1. The SMILES string of the molecule is COC(=O)C1(c2ccccc2C)CN(c2ccc(OC)cc2)CN1c1ccc(OC)cc1. The van der Waals surface area contributed by atoms with E-state index in [0.717, 1.165) is 34.0 Å². The Kier molecular flexibility index (Phi) is 5.95. The lowest BCUT2D eigenvalue weighted by molar-refractivity contribution is -0.146. The van der Waals surface area contributed by atoms with Crippen molar-refractivity contribution >= 4 is 17.3 Å². The van der Waals surface area contributed by atoms with Gasteiger partial charge in [-0.05, 0) is 66.6 Å². The fourth-order valence-electron chi connectivity index (χ4n) is 4.45. The van der Waals surface area contributed by atoms with Crippen LogP contribution in [0.15, 0.2) is 72.8 Å². The second kappa shape index (κ2) is 8.83. The van der Waals surface area contributed by atoms with Gasteiger partial charge in [-0.3, -0.25) is 0 Å². The van der Waals surface area contributed by atoms with Crippen LogP contribution >= 0.6 is 0 Å². The second-order valence-corrected chi connectivity index (χ2v) is 7.83. The van der Waals surface area contributed by atoms with Gasteiger partial charge in [0, 0.05) is 11.4 Å². The van der Waals surface area contributed by atoms with E-state index in [-0.39, 0.29) is 5.97 Å². The van der Waals surface area contributed by atoms with Crippen molar-refractivity contribution in [2.24, 2.45) is 0 Å². The van der Waals surface area contributed by atoms with Crippen LogP contribution in [0.3, 0.4) is 0 Å². The smallest absolute Gasteiger partial charge is 0.338 e. The Labute approximate surface area is 188 Å². The Morgan fingerprint density at radius 1 is 0.812 bits per heavy atom. The fraction of sp³-hybridized carbons (Fsp3) is 0.269. The molecule has 0 bridgehead atoms. The molecule has 4 rings (SSSR count). The number of benzene rings is 3. The van der Waals surface area contributed by atoms with Crippen LogP contribution < -0.4 is 19.3 Å². The standard InChI is InChI=1S/C26H28N2O4/c1-19-7-5-6-8-24(19)26(25(29)32-4)17-27(20-9-13-22(30-2)14-10-20)18-28(26)21-11-15-23(31-3)16-12-21/h5-16H,17-18H2,1-4H3. The molecule has 0 saturated carbocycles. The summed E-state index contributed by atoms with van der Waals surface area (Å²) in [6, 6.07) is 23.6. The minimum Gasteiger partial charge on any atom is -0.497 e. The molecular formula is C26H28N2O4. The van der Waals surface area contributed by atoms with Gasteiger partial charge < -0.3 is 24.0 Å². The van der Waals surface area contributed by atoms with Gasteiger partial charge >= 0.3 is 5.97 Å². The zero-order valence-corrected chi connectivity index (χ0v) is 18.9. The molecule has 1 fully saturated rings. The van der Waals surface area contributed by atoms with Crippen molar-refractivity contribution in [3.63, 3.8) is 0 Å². The maximum absolute atomic E-state index is 13.5. The minimum absolute atomic E-state index is 0.293. The van der Waals surface area contributed by atoms with Crippen LogP contribution in [0.4, 0.5) is 11.4 Å². The Morgan fingerprint density at radius 2 is 1.38 bits per heavy atom. The molecule has 0 aromatic heterocycles. The lowest BCUT2D eigenvalue weighted by atomic mass is 9.85. The molecule has 0 spiro atoms. The van der Waals surface area contributed by atoms with Crippen molar-refractivity contribution < 1.29 is 19.0 Å². The van der Waals surface area contributed by atoms with E-state index in [0.29, 0.717) is 13.2 Å². The molecule has 0 aliphatic carbocycles. The Bertz CT molecular complexity index is 1080. The third-order valence-corrected chi connectivity index (χ3v) is 6.13. The van der Waals surface area contributed by atoms with Gasteiger partial charge in [0.25, 0.3) is 0 Å². The second-order valence-electron chi connectivity index (χ2n) is 7.83. The number of carbonyl (C=O) groups is 1. The topological polar surface area (TPSA) is 51.2 Å². The minimum atomic E-state index is -1.01. The van der Waals surface area contributed by atoms with Crippen LogP contribution in [0.2, 0.25) is 0 Å². The third kappa shape index (κ3) is 3.62. The molecule has 32 heavy (non-hydrogen) atoms. The summed E-state index contributed by atoms with van der Waals surface area (Å²) in [5.41, 5.74) is 2.88. The highest BCUT2D eigenvalue weighted by molar-refractivity contribution is 5.90. The molecule has 1 atom stereocenters. The van der Waals surface area contributed by atoms with Crippen molar-refractivity contribution in [1.82, 2.24) is 0 Å². The van der Waals surface area contributed by atoms with E-state index in [1.807, 2.05) is 79.7 Å². The average molecular weight is 433 g/mol. The van der Waals surface area contributed by atoms with Crippen LogP contribution in [0.5, 0.6) is 11.5 Å².